The molecule has 0 aliphatic carbocycles. The third kappa shape index (κ3) is 6.58. The Bertz CT molecular complexity index is 784. The molecule has 2 aromatic rings. The maximum absolute atomic E-state index is 13.3. The number of nitro benzene ring substituents is 1. The van der Waals surface area contributed by atoms with Crippen molar-refractivity contribution in [1.29, 1.82) is 0 Å². The predicted molar refractivity (Wildman–Crippen MR) is 111 cm³/mol. The second-order valence-electron chi connectivity index (χ2n) is 5.56. The molecule has 140 valence electrons. The van der Waals surface area contributed by atoms with Gasteiger partial charge in [0, 0.05) is 25.2 Å². The molecule has 0 heterocycles. The number of nitrogens with zero attached hydrogens (tertiary/aromatic N) is 2. The predicted octanol–water partition coefficient (Wildman–Crippen LogP) is 3.92. The molecule has 0 amide bonds. The van der Waals surface area contributed by atoms with Crippen LogP contribution >= 0.6 is 24.0 Å². The van der Waals surface area contributed by atoms with Crippen LogP contribution in [0.2, 0.25) is 0 Å². The number of nitrogens with one attached hydrogen (secondary N) is 2. The summed E-state index contributed by atoms with van der Waals surface area (Å²) >= 11 is 0. The maximum Gasteiger partial charge on any atom is 0.269 e. The lowest BCUT2D eigenvalue weighted by molar-refractivity contribution is -0.384. The van der Waals surface area contributed by atoms with Crippen molar-refractivity contribution in [2.45, 2.75) is 26.9 Å². The Morgan fingerprint density at radius 1 is 1.19 bits per heavy atom. The van der Waals surface area contributed by atoms with Gasteiger partial charge in [-0.05, 0) is 36.6 Å². The van der Waals surface area contributed by atoms with Crippen LogP contribution in [0.5, 0.6) is 0 Å². The van der Waals surface area contributed by atoms with Crippen molar-refractivity contribution in [1.82, 2.24) is 10.6 Å². The monoisotopic (exact) mass is 472 g/mol. The minimum absolute atomic E-state index is 0. The molecule has 2 rings (SSSR count). The number of hydrogen-bond donors (Lipinski definition) is 2. The van der Waals surface area contributed by atoms with E-state index in [9.17, 15) is 14.5 Å². The highest BCUT2D eigenvalue weighted by atomic mass is 127. The average Bonchev–Trinajstić information content (AvgIpc) is 2.60. The largest absolute Gasteiger partial charge is 0.357 e. The number of aliphatic imine (C=N–C) groups is 1. The Morgan fingerprint density at radius 3 is 2.62 bits per heavy atom. The molecule has 0 aliphatic heterocycles. The van der Waals surface area contributed by atoms with Gasteiger partial charge in [-0.25, -0.2) is 9.38 Å². The third-order valence-corrected chi connectivity index (χ3v) is 3.57. The van der Waals surface area contributed by atoms with E-state index in [0.717, 1.165) is 11.1 Å². The van der Waals surface area contributed by atoms with Crippen LogP contribution in [0.1, 0.15) is 23.6 Å². The lowest BCUT2D eigenvalue weighted by atomic mass is 10.1. The first-order valence-electron chi connectivity index (χ1n) is 8.00. The van der Waals surface area contributed by atoms with Crippen LogP contribution in [0.3, 0.4) is 0 Å². The lowest BCUT2D eigenvalue weighted by Crippen LogP contribution is -2.36. The van der Waals surface area contributed by atoms with E-state index in [1.165, 1.54) is 18.2 Å². The zero-order chi connectivity index (χ0) is 18.2. The minimum Gasteiger partial charge on any atom is -0.357 e. The minimum atomic E-state index is -0.423. The molecule has 2 N–H and O–H groups in total. The summed E-state index contributed by atoms with van der Waals surface area (Å²) in [5.41, 5.74) is 2.34. The number of non-ortho nitro benzene ring substituents is 1. The van der Waals surface area contributed by atoms with Gasteiger partial charge in [0.05, 0.1) is 11.5 Å². The van der Waals surface area contributed by atoms with Crippen molar-refractivity contribution in [2.24, 2.45) is 4.99 Å². The summed E-state index contributed by atoms with van der Waals surface area (Å²) in [4.78, 5) is 14.8. The van der Waals surface area contributed by atoms with Gasteiger partial charge < -0.3 is 10.6 Å². The number of hydrogen-bond acceptors (Lipinski definition) is 3. The Morgan fingerprint density at radius 2 is 1.96 bits per heavy atom. The summed E-state index contributed by atoms with van der Waals surface area (Å²) in [7, 11) is 0. The first-order valence-corrected chi connectivity index (χ1v) is 8.00. The molecule has 0 aromatic heterocycles. The van der Waals surface area contributed by atoms with Gasteiger partial charge in [-0.3, -0.25) is 10.1 Å². The molecule has 0 fully saturated rings. The molecule has 6 nitrogen and oxygen atoms in total. The molecule has 0 unspecified atom stereocenters. The summed E-state index contributed by atoms with van der Waals surface area (Å²) in [6.45, 7) is 5.18. The van der Waals surface area contributed by atoms with Crippen LogP contribution in [0.25, 0.3) is 0 Å². The summed E-state index contributed by atoms with van der Waals surface area (Å²) < 4.78 is 13.3. The number of guanidine groups is 1. The first kappa shape index (κ1) is 21.8. The van der Waals surface area contributed by atoms with E-state index in [0.29, 0.717) is 31.2 Å². The average molecular weight is 472 g/mol. The number of benzene rings is 2. The molecular weight excluding hydrogens is 450 g/mol. The fraction of sp³-hybridized carbons (Fsp3) is 0.278. The maximum atomic E-state index is 13.3. The molecular formula is C18H22FIN4O2. The SMILES string of the molecule is CCNC(=NCc1cccc([N+](=O)[O-])c1)NCc1ccc(F)c(C)c1.I. The Hall–Kier alpha value is -2.23. The van der Waals surface area contributed by atoms with Crippen molar-refractivity contribution in [3.8, 4) is 0 Å². The van der Waals surface area contributed by atoms with Crippen molar-refractivity contribution in [2.75, 3.05) is 6.54 Å². The van der Waals surface area contributed by atoms with E-state index < -0.39 is 4.92 Å². The van der Waals surface area contributed by atoms with Gasteiger partial charge in [0.15, 0.2) is 5.96 Å². The number of nitro groups is 1. The smallest absolute Gasteiger partial charge is 0.269 e. The van der Waals surface area contributed by atoms with Crippen LogP contribution in [0.4, 0.5) is 10.1 Å². The Balaban J connectivity index is 0.00000338. The van der Waals surface area contributed by atoms with E-state index >= 15 is 0 Å². The summed E-state index contributed by atoms with van der Waals surface area (Å²) in [5.74, 6) is 0.367. The fourth-order valence-electron chi connectivity index (χ4n) is 2.28. The van der Waals surface area contributed by atoms with Crippen LogP contribution in [0.15, 0.2) is 47.5 Å². The summed E-state index contributed by atoms with van der Waals surface area (Å²) in [5, 5.41) is 17.1. The van der Waals surface area contributed by atoms with Crippen LogP contribution in [0, 0.1) is 22.9 Å². The topological polar surface area (TPSA) is 79.6 Å². The van der Waals surface area contributed by atoms with Crippen LogP contribution < -0.4 is 10.6 Å². The summed E-state index contributed by atoms with van der Waals surface area (Å²) in [6, 6.07) is 11.4. The highest BCUT2D eigenvalue weighted by molar-refractivity contribution is 14.0. The van der Waals surface area contributed by atoms with E-state index in [4.69, 9.17) is 0 Å². The van der Waals surface area contributed by atoms with Crippen LogP contribution in [-0.4, -0.2) is 17.4 Å². The molecule has 26 heavy (non-hydrogen) atoms. The van der Waals surface area contributed by atoms with Gasteiger partial charge >= 0.3 is 0 Å². The van der Waals surface area contributed by atoms with E-state index in [-0.39, 0.29) is 35.5 Å². The number of halogens is 2. The summed E-state index contributed by atoms with van der Waals surface area (Å²) in [6.07, 6.45) is 0. The highest BCUT2D eigenvalue weighted by Gasteiger charge is 2.06. The van der Waals surface area contributed by atoms with Gasteiger partial charge in [-0.1, -0.05) is 24.3 Å². The fourth-order valence-corrected chi connectivity index (χ4v) is 2.28. The molecule has 2 aromatic carbocycles. The van der Waals surface area contributed by atoms with Gasteiger partial charge in [0.1, 0.15) is 5.82 Å². The third-order valence-electron chi connectivity index (χ3n) is 3.57. The zero-order valence-electron chi connectivity index (χ0n) is 14.7. The molecule has 0 saturated carbocycles. The molecule has 0 radical (unpaired) electrons. The number of aryl methyl sites for hydroxylation is 1. The van der Waals surface area contributed by atoms with E-state index in [1.54, 1.807) is 31.2 Å². The normalized spacial score (nSPS) is 10.8. The van der Waals surface area contributed by atoms with Crippen molar-refractivity contribution >= 4 is 35.6 Å². The number of rotatable bonds is 6. The highest BCUT2D eigenvalue weighted by Crippen LogP contribution is 2.13. The molecule has 0 atom stereocenters. The second-order valence-corrected chi connectivity index (χ2v) is 5.56. The van der Waals surface area contributed by atoms with Crippen molar-refractivity contribution in [3.63, 3.8) is 0 Å². The molecule has 8 heteroatoms. The standard InChI is InChI=1S/C18H21FN4O2.HI/c1-3-20-18(22-12-15-7-8-17(19)13(2)9-15)21-11-14-5-4-6-16(10-14)23(24)25;/h4-10H,3,11-12H2,1-2H3,(H2,20,21,22);1H. The Kier molecular flexibility index (Phi) is 8.97. The van der Waals surface area contributed by atoms with Gasteiger partial charge in [-0.2, -0.15) is 0 Å². The Labute approximate surface area is 169 Å². The zero-order valence-corrected chi connectivity index (χ0v) is 17.0. The van der Waals surface area contributed by atoms with E-state index in [2.05, 4.69) is 15.6 Å². The van der Waals surface area contributed by atoms with Crippen LogP contribution in [-0.2, 0) is 13.1 Å². The quantitative estimate of drug-likeness (QED) is 0.220. The molecule has 0 bridgehead atoms. The van der Waals surface area contributed by atoms with Gasteiger partial charge in [0.25, 0.3) is 5.69 Å². The molecule has 0 saturated heterocycles. The lowest BCUT2D eigenvalue weighted by Gasteiger charge is -2.12. The molecule has 0 aliphatic rings. The van der Waals surface area contributed by atoms with Gasteiger partial charge in [0.2, 0.25) is 0 Å². The molecule has 0 spiro atoms. The first-order chi connectivity index (χ1) is 12.0. The second kappa shape index (κ2) is 10.7. The van der Waals surface area contributed by atoms with Crippen molar-refractivity contribution < 1.29 is 9.31 Å². The van der Waals surface area contributed by atoms with Gasteiger partial charge in [-0.15, -0.1) is 24.0 Å². The van der Waals surface area contributed by atoms with E-state index in [1.807, 2.05) is 6.92 Å². The van der Waals surface area contributed by atoms with Crippen molar-refractivity contribution in [3.05, 3.63) is 75.1 Å².